The van der Waals surface area contributed by atoms with Crippen LogP contribution in [0.2, 0.25) is 0 Å². The Morgan fingerprint density at radius 2 is 1.76 bits per heavy atom. The minimum Gasteiger partial charge on any atom is -0.454 e. The molecule has 5 rings (SSSR count). The Morgan fingerprint density at radius 3 is 2.59 bits per heavy atom. The number of ether oxygens (including phenoxy) is 2. The second kappa shape index (κ2) is 6.57. The highest BCUT2D eigenvalue weighted by molar-refractivity contribution is 7.89. The Bertz CT molecular complexity index is 1140. The minimum atomic E-state index is -3.71. The number of fused-ring (bicyclic) bond motifs is 2. The average Bonchev–Trinajstić information content (AvgIpc) is 3.33. The van der Waals surface area contributed by atoms with E-state index in [2.05, 4.69) is 5.32 Å². The number of nitrogens with zero attached hydrogens (tertiary/aromatic N) is 1. The second-order valence-electron chi connectivity index (χ2n) is 7.32. The highest BCUT2D eigenvalue weighted by Crippen LogP contribution is 2.37. The third kappa shape index (κ3) is 3.06. The zero-order valence-corrected chi connectivity index (χ0v) is 16.2. The number of imide groups is 1. The first-order chi connectivity index (χ1) is 13.9. The molecule has 29 heavy (non-hydrogen) atoms. The normalized spacial score (nSPS) is 21.2. The van der Waals surface area contributed by atoms with Crippen molar-refractivity contribution in [2.24, 2.45) is 0 Å². The number of hydrogen-bond donors (Lipinski definition) is 1. The maximum Gasteiger partial charge on any atom is 0.243 e. The zero-order valence-electron chi connectivity index (χ0n) is 15.4. The molecule has 0 aromatic heterocycles. The van der Waals surface area contributed by atoms with Gasteiger partial charge in [-0.2, -0.15) is 4.31 Å². The van der Waals surface area contributed by atoms with E-state index in [4.69, 9.17) is 9.47 Å². The number of carbonyl (C=O) groups is 2. The third-order valence-electron chi connectivity index (χ3n) is 5.55. The molecule has 2 aromatic carbocycles. The Labute approximate surface area is 167 Å². The Hall–Kier alpha value is -2.91. The highest BCUT2D eigenvalue weighted by atomic mass is 32.2. The monoisotopic (exact) mass is 414 g/mol. The summed E-state index contributed by atoms with van der Waals surface area (Å²) < 4.78 is 38.2. The summed E-state index contributed by atoms with van der Waals surface area (Å²) in [7, 11) is -3.71. The lowest BCUT2D eigenvalue weighted by Gasteiger charge is -2.21. The maximum absolute atomic E-state index is 13.1. The standard InChI is InChI=1S/C20H18N2O6S/c23-19-6-4-16(20(24)21-19)12-1-2-13-9-22(10-14(13)7-12)29(25,26)15-3-5-17-18(8-15)28-11-27-17/h1-3,5,7-8,16H,4,6,9-11H2,(H,21,23,24). The van der Waals surface area contributed by atoms with Crippen LogP contribution in [0.1, 0.15) is 35.4 Å². The van der Waals surface area contributed by atoms with Gasteiger partial charge in [0.1, 0.15) is 0 Å². The smallest absolute Gasteiger partial charge is 0.243 e. The van der Waals surface area contributed by atoms with Crippen molar-refractivity contribution in [2.45, 2.75) is 36.7 Å². The summed E-state index contributed by atoms with van der Waals surface area (Å²) in [4.78, 5) is 23.7. The molecule has 150 valence electrons. The third-order valence-corrected chi connectivity index (χ3v) is 7.33. The van der Waals surface area contributed by atoms with Crippen LogP contribution in [0, 0.1) is 0 Å². The molecule has 2 amide bonds. The van der Waals surface area contributed by atoms with Crippen molar-refractivity contribution in [3.05, 3.63) is 53.1 Å². The number of benzene rings is 2. The van der Waals surface area contributed by atoms with Crippen molar-refractivity contribution in [3.63, 3.8) is 0 Å². The van der Waals surface area contributed by atoms with Gasteiger partial charge in [-0.05, 0) is 35.2 Å². The van der Waals surface area contributed by atoms with Gasteiger partial charge in [0.2, 0.25) is 28.6 Å². The molecule has 1 saturated heterocycles. The van der Waals surface area contributed by atoms with Gasteiger partial charge < -0.3 is 9.47 Å². The van der Waals surface area contributed by atoms with Gasteiger partial charge in [-0.1, -0.05) is 18.2 Å². The van der Waals surface area contributed by atoms with Crippen molar-refractivity contribution in [1.29, 1.82) is 0 Å². The summed E-state index contributed by atoms with van der Waals surface area (Å²) in [5, 5.41) is 2.36. The molecule has 1 fully saturated rings. The van der Waals surface area contributed by atoms with Crippen LogP contribution in [0.4, 0.5) is 0 Å². The number of nitrogens with one attached hydrogen (secondary N) is 1. The molecule has 3 aliphatic rings. The van der Waals surface area contributed by atoms with Crippen LogP contribution < -0.4 is 14.8 Å². The number of sulfonamides is 1. The predicted octanol–water partition coefficient (Wildman–Crippen LogP) is 1.64. The van der Waals surface area contributed by atoms with Crippen molar-refractivity contribution < 1.29 is 27.5 Å². The molecule has 1 N–H and O–H groups in total. The molecule has 3 heterocycles. The predicted molar refractivity (Wildman–Crippen MR) is 101 cm³/mol. The SMILES string of the molecule is O=C1CCC(c2ccc3c(c2)CN(S(=O)(=O)c2ccc4c(c2)OCO4)C3)C(=O)N1. The first-order valence-electron chi connectivity index (χ1n) is 9.27. The van der Waals surface area contributed by atoms with Crippen LogP contribution in [0.25, 0.3) is 0 Å². The van der Waals surface area contributed by atoms with E-state index < -0.39 is 15.9 Å². The number of rotatable bonds is 3. The molecule has 3 aliphatic heterocycles. The summed E-state index contributed by atoms with van der Waals surface area (Å²) in [5.74, 6) is 0.000395. The fourth-order valence-corrected chi connectivity index (χ4v) is 5.38. The van der Waals surface area contributed by atoms with Crippen molar-refractivity contribution in [3.8, 4) is 11.5 Å². The molecule has 1 unspecified atom stereocenters. The molecule has 0 spiro atoms. The summed E-state index contributed by atoms with van der Waals surface area (Å²) in [6, 6.07) is 10.2. The molecule has 9 heteroatoms. The Balaban J connectivity index is 1.40. The van der Waals surface area contributed by atoms with Crippen LogP contribution in [-0.4, -0.2) is 31.3 Å². The molecule has 0 saturated carbocycles. The van der Waals surface area contributed by atoms with E-state index in [0.29, 0.717) is 24.3 Å². The van der Waals surface area contributed by atoms with E-state index in [0.717, 1.165) is 16.7 Å². The van der Waals surface area contributed by atoms with Crippen molar-refractivity contribution >= 4 is 21.8 Å². The molecule has 1 atom stereocenters. The van der Waals surface area contributed by atoms with E-state index >= 15 is 0 Å². The van der Waals surface area contributed by atoms with Gasteiger partial charge >= 0.3 is 0 Å². The van der Waals surface area contributed by atoms with Crippen LogP contribution in [0.3, 0.4) is 0 Å². The van der Waals surface area contributed by atoms with E-state index in [1.165, 1.54) is 16.4 Å². The Kier molecular flexibility index (Phi) is 4.11. The second-order valence-corrected chi connectivity index (χ2v) is 9.26. The number of amides is 2. The number of hydrogen-bond acceptors (Lipinski definition) is 6. The van der Waals surface area contributed by atoms with Crippen LogP contribution in [0.5, 0.6) is 11.5 Å². The maximum atomic E-state index is 13.1. The van der Waals surface area contributed by atoms with Gasteiger partial charge in [0.05, 0.1) is 10.8 Å². The largest absolute Gasteiger partial charge is 0.454 e. The fraction of sp³-hybridized carbons (Fsp3) is 0.300. The number of carbonyl (C=O) groups excluding carboxylic acids is 2. The van der Waals surface area contributed by atoms with E-state index in [1.807, 2.05) is 18.2 Å². The Morgan fingerprint density at radius 1 is 0.966 bits per heavy atom. The lowest BCUT2D eigenvalue weighted by molar-refractivity contribution is -0.134. The van der Waals surface area contributed by atoms with Crippen LogP contribution in [0.15, 0.2) is 41.3 Å². The quantitative estimate of drug-likeness (QED) is 0.766. The van der Waals surface area contributed by atoms with Crippen molar-refractivity contribution in [2.75, 3.05) is 6.79 Å². The summed E-state index contributed by atoms with van der Waals surface area (Å²) in [6.45, 7) is 0.575. The topological polar surface area (TPSA) is 102 Å². The van der Waals surface area contributed by atoms with Gasteiger partial charge in [0, 0.05) is 25.6 Å². The molecule has 8 nitrogen and oxygen atoms in total. The fourth-order valence-electron chi connectivity index (χ4n) is 3.97. The molecule has 0 radical (unpaired) electrons. The molecule has 0 bridgehead atoms. The van der Waals surface area contributed by atoms with Gasteiger partial charge in [0.15, 0.2) is 11.5 Å². The summed E-state index contributed by atoms with van der Waals surface area (Å²) >= 11 is 0. The van der Waals surface area contributed by atoms with E-state index in [9.17, 15) is 18.0 Å². The van der Waals surface area contributed by atoms with E-state index in [-0.39, 0.29) is 36.6 Å². The molecular formula is C20H18N2O6S. The van der Waals surface area contributed by atoms with Gasteiger partial charge in [-0.15, -0.1) is 0 Å². The number of piperidine rings is 1. The van der Waals surface area contributed by atoms with E-state index in [1.54, 1.807) is 6.07 Å². The van der Waals surface area contributed by atoms with Crippen LogP contribution >= 0.6 is 0 Å². The molecule has 2 aromatic rings. The summed E-state index contributed by atoms with van der Waals surface area (Å²) in [6.07, 6.45) is 0.765. The first-order valence-corrected chi connectivity index (χ1v) is 10.7. The zero-order chi connectivity index (χ0) is 20.2. The van der Waals surface area contributed by atoms with Crippen molar-refractivity contribution in [1.82, 2.24) is 9.62 Å². The van der Waals surface area contributed by atoms with Gasteiger partial charge in [0.25, 0.3) is 0 Å². The van der Waals surface area contributed by atoms with Gasteiger partial charge in [-0.3, -0.25) is 14.9 Å². The molecular weight excluding hydrogens is 396 g/mol. The highest BCUT2D eigenvalue weighted by Gasteiger charge is 2.33. The lowest BCUT2D eigenvalue weighted by atomic mass is 9.89. The average molecular weight is 414 g/mol. The minimum absolute atomic E-state index is 0.0805. The van der Waals surface area contributed by atoms with Crippen LogP contribution in [-0.2, 0) is 32.7 Å². The van der Waals surface area contributed by atoms with Gasteiger partial charge in [-0.25, -0.2) is 8.42 Å². The molecule has 0 aliphatic carbocycles. The summed E-state index contributed by atoms with van der Waals surface area (Å²) in [5.41, 5.74) is 2.58. The lowest BCUT2D eigenvalue weighted by Crippen LogP contribution is -2.39. The first kappa shape index (κ1) is 18.1.